The van der Waals surface area contributed by atoms with Gasteiger partial charge in [-0.05, 0) is 18.3 Å². The maximum atomic E-state index is 12.3. The molecule has 1 aromatic heterocycles. The molecule has 3 nitrogen and oxygen atoms in total. The fourth-order valence-electron chi connectivity index (χ4n) is 2.14. The molecule has 1 aliphatic carbocycles. The smallest absolute Gasteiger partial charge is 0.357 e. The van der Waals surface area contributed by atoms with Crippen LogP contribution in [0.2, 0.25) is 0 Å². The van der Waals surface area contributed by atoms with Crippen LogP contribution >= 0.6 is 11.5 Å². The first-order valence-electron chi connectivity index (χ1n) is 5.46. The Bertz CT molecular complexity index is 400. The van der Waals surface area contributed by atoms with Gasteiger partial charge in [0.15, 0.2) is 0 Å². The van der Waals surface area contributed by atoms with Crippen LogP contribution < -0.4 is 5.32 Å². The largest absolute Gasteiger partial charge is 0.452 e. The van der Waals surface area contributed by atoms with E-state index in [0.29, 0.717) is 0 Å². The van der Waals surface area contributed by atoms with E-state index in [1.165, 1.54) is 0 Å². The van der Waals surface area contributed by atoms with Crippen molar-refractivity contribution in [2.45, 2.75) is 45.3 Å². The highest BCUT2D eigenvalue weighted by Gasteiger charge is 2.38. The Morgan fingerprint density at radius 3 is 2.59 bits per heavy atom. The summed E-state index contributed by atoms with van der Waals surface area (Å²) in [6.07, 6.45) is -1.32. The minimum Gasteiger partial charge on any atom is -0.357 e. The van der Waals surface area contributed by atoms with Crippen molar-refractivity contribution in [2.75, 3.05) is 5.32 Å². The first-order valence-corrected chi connectivity index (χ1v) is 6.24. The Balaban J connectivity index is 2.07. The maximum Gasteiger partial charge on any atom is 0.452 e. The van der Waals surface area contributed by atoms with E-state index in [9.17, 15) is 13.2 Å². The number of anilines is 1. The third kappa shape index (κ3) is 2.70. The Labute approximate surface area is 102 Å². The molecule has 1 N–H and O–H groups in total. The van der Waals surface area contributed by atoms with E-state index in [2.05, 4.69) is 28.5 Å². The predicted octanol–water partition coefficient (Wildman–Crippen LogP) is 3.55. The van der Waals surface area contributed by atoms with Crippen LogP contribution in [0.15, 0.2) is 0 Å². The van der Waals surface area contributed by atoms with Gasteiger partial charge in [-0.3, -0.25) is 0 Å². The number of aromatic nitrogens is 2. The van der Waals surface area contributed by atoms with Crippen molar-refractivity contribution in [3.8, 4) is 0 Å². The minimum atomic E-state index is -4.46. The van der Waals surface area contributed by atoms with E-state index in [-0.39, 0.29) is 16.6 Å². The Kier molecular flexibility index (Phi) is 3.05. The lowest BCUT2D eigenvalue weighted by atomic mass is 9.87. The van der Waals surface area contributed by atoms with Crippen LogP contribution in [0.1, 0.15) is 38.9 Å². The monoisotopic (exact) mass is 265 g/mol. The minimum absolute atomic E-state index is 0.101. The van der Waals surface area contributed by atoms with Crippen LogP contribution in [0.3, 0.4) is 0 Å². The third-order valence-electron chi connectivity index (χ3n) is 3.23. The molecule has 0 radical (unpaired) electrons. The average Bonchev–Trinajstić information content (AvgIpc) is 2.74. The standard InChI is InChI=1S/C10H14F3N3S/c1-9(2)5-3-4-6(9)14-8-15-7(16-17-8)10(11,12)13/h6H,3-5H2,1-2H3,(H,14,15,16). The van der Waals surface area contributed by atoms with Gasteiger partial charge in [0, 0.05) is 17.6 Å². The van der Waals surface area contributed by atoms with Crippen molar-refractivity contribution >= 4 is 16.7 Å². The Hall–Kier alpha value is -0.850. The zero-order valence-electron chi connectivity index (χ0n) is 9.64. The second-order valence-corrected chi connectivity index (χ2v) is 5.75. The fraction of sp³-hybridized carbons (Fsp3) is 0.800. The molecule has 0 aliphatic heterocycles. The van der Waals surface area contributed by atoms with Crippen molar-refractivity contribution in [1.82, 2.24) is 9.36 Å². The van der Waals surface area contributed by atoms with Crippen molar-refractivity contribution in [3.63, 3.8) is 0 Å². The van der Waals surface area contributed by atoms with Gasteiger partial charge in [0.2, 0.25) is 11.0 Å². The van der Waals surface area contributed by atoms with Gasteiger partial charge in [-0.15, -0.1) is 0 Å². The van der Waals surface area contributed by atoms with Crippen molar-refractivity contribution in [3.05, 3.63) is 5.82 Å². The molecule has 1 aromatic rings. The highest BCUT2D eigenvalue weighted by molar-refractivity contribution is 7.09. The first kappa shape index (κ1) is 12.6. The second-order valence-electron chi connectivity index (χ2n) is 5.00. The van der Waals surface area contributed by atoms with Crippen LogP contribution in [0, 0.1) is 5.41 Å². The molecule has 7 heteroatoms. The van der Waals surface area contributed by atoms with E-state index in [4.69, 9.17) is 0 Å². The van der Waals surface area contributed by atoms with Crippen LogP contribution in [0.25, 0.3) is 0 Å². The Morgan fingerprint density at radius 1 is 1.41 bits per heavy atom. The van der Waals surface area contributed by atoms with Gasteiger partial charge in [0.05, 0.1) is 0 Å². The summed E-state index contributed by atoms with van der Waals surface area (Å²) in [7, 11) is 0. The lowest BCUT2D eigenvalue weighted by molar-refractivity contribution is -0.144. The Morgan fingerprint density at radius 2 is 2.12 bits per heavy atom. The van der Waals surface area contributed by atoms with Crippen molar-refractivity contribution in [1.29, 1.82) is 0 Å². The van der Waals surface area contributed by atoms with Crippen LogP contribution in [0.4, 0.5) is 18.3 Å². The fourth-order valence-corrected chi connectivity index (χ4v) is 2.78. The number of hydrogen-bond donors (Lipinski definition) is 1. The summed E-state index contributed by atoms with van der Waals surface area (Å²) in [5.41, 5.74) is 0.101. The molecule has 0 spiro atoms. The summed E-state index contributed by atoms with van der Waals surface area (Å²) in [5, 5.41) is 3.33. The van der Waals surface area contributed by atoms with Crippen LogP contribution in [-0.2, 0) is 6.18 Å². The summed E-state index contributed by atoms with van der Waals surface area (Å²) in [5.74, 6) is -1.05. The summed E-state index contributed by atoms with van der Waals surface area (Å²) in [4.78, 5) is 3.48. The molecule has 1 heterocycles. The van der Waals surface area contributed by atoms with Crippen LogP contribution in [0.5, 0.6) is 0 Å². The molecule has 0 aromatic carbocycles. The normalized spacial score (nSPS) is 23.9. The molecular weight excluding hydrogens is 251 g/mol. The summed E-state index contributed by atoms with van der Waals surface area (Å²) >= 11 is 0.772. The van der Waals surface area contributed by atoms with E-state index < -0.39 is 12.0 Å². The quantitative estimate of drug-likeness (QED) is 0.888. The number of alkyl halides is 3. The van der Waals surface area contributed by atoms with Crippen molar-refractivity contribution < 1.29 is 13.2 Å². The molecule has 0 amide bonds. The van der Waals surface area contributed by atoms with Gasteiger partial charge in [0.25, 0.3) is 0 Å². The lowest BCUT2D eigenvalue weighted by Crippen LogP contribution is -2.30. The van der Waals surface area contributed by atoms with E-state index in [1.54, 1.807) is 0 Å². The van der Waals surface area contributed by atoms with Gasteiger partial charge >= 0.3 is 6.18 Å². The van der Waals surface area contributed by atoms with Gasteiger partial charge in [-0.25, -0.2) is 0 Å². The predicted molar refractivity (Wildman–Crippen MR) is 60.0 cm³/mol. The highest BCUT2D eigenvalue weighted by Crippen LogP contribution is 2.39. The zero-order chi connectivity index (χ0) is 12.7. The van der Waals surface area contributed by atoms with Crippen molar-refractivity contribution in [2.24, 2.45) is 5.41 Å². The molecule has 1 fully saturated rings. The SMILES string of the molecule is CC1(C)CCCC1Nc1nc(C(F)(F)F)ns1. The molecule has 1 saturated carbocycles. The average molecular weight is 265 g/mol. The molecule has 96 valence electrons. The summed E-state index contributed by atoms with van der Waals surface area (Å²) < 4.78 is 40.3. The summed E-state index contributed by atoms with van der Waals surface area (Å²) in [6, 6.07) is 0.177. The van der Waals surface area contributed by atoms with E-state index in [0.717, 1.165) is 30.8 Å². The third-order valence-corrected chi connectivity index (χ3v) is 3.88. The maximum absolute atomic E-state index is 12.3. The molecule has 0 bridgehead atoms. The zero-order valence-corrected chi connectivity index (χ0v) is 10.5. The number of nitrogens with one attached hydrogen (secondary N) is 1. The van der Waals surface area contributed by atoms with Crippen LogP contribution in [-0.4, -0.2) is 15.4 Å². The van der Waals surface area contributed by atoms with E-state index in [1.807, 2.05) is 0 Å². The van der Waals surface area contributed by atoms with Gasteiger partial charge in [0.1, 0.15) is 0 Å². The highest BCUT2D eigenvalue weighted by atomic mass is 32.1. The first-order chi connectivity index (χ1) is 7.79. The van der Waals surface area contributed by atoms with Gasteiger partial charge < -0.3 is 5.32 Å². The topological polar surface area (TPSA) is 37.8 Å². The van der Waals surface area contributed by atoms with Gasteiger partial charge in [-0.2, -0.15) is 22.5 Å². The second kappa shape index (κ2) is 4.12. The molecule has 0 saturated heterocycles. The number of nitrogens with zero attached hydrogens (tertiary/aromatic N) is 2. The molecule has 1 unspecified atom stereocenters. The van der Waals surface area contributed by atoms with Gasteiger partial charge in [-0.1, -0.05) is 20.3 Å². The number of rotatable bonds is 2. The molecule has 1 aliphatic rings. The summed E-state index contributed by atoms with van der Waals surface area (Å²) in [6.45, 7) is 4.23. The lowest BCUT2D eigenvalue weighted by Gasteiger charge is -2.27. The number of hydrogen-bond acceptors (Lipinski definition) is 4. The molecule has 1 atom stereocenters. The van der Waals surface area contributed by atoms with E-state index >= 15 is 0 Å². The molecule has 2 rings (SSSR count). The molecule has 17 heavy (non-hydrogen) atoms. The molecular formula is C10H14F3N3S. The number of halogens is 3.